The van der Waals surface area contributed by atoms with Gasteiger partial charge < -0.3 is 4.74 Å². The third-order valence-electron chi connectivity index (χ3n) is 2.31. The van der Waals surface area contributed by atoms with E-state index in [0.29, 0.717) is 22.1 Å². The van der Waals surface area contributed by atoms with E-state index in [0.717, 1.165) is 5.56 Å². The molecule has 0 radical (unpaired) electrons. The van der Waals surface area contributed by atoms with Gasteiger partial charge in [-0.25, -0.2) is 0 Å². The molecule has 0 aliphatic heterocycles. The molecule has 3 heteroatoms. The van der Waals surface area contributed by atoms with Crippen LogP contribution in [0.15, 0.2) is 42.5 Å². The van der Waals surface area contributed by atoms with Crippen LogP contribution in [0, 0.1) is 18.3 Å². The molecule has 17 heavy (non-hydrogen) atoms. The van der Waals surface area contributed by atoms with E-state index in [1.54, 1.807) is 24.3 Å². The maximum absolute atomic E-state index is 8.95. The maximum atomic E-state index is 8.95. The molecule has 0 spiro atoms. The lowest BCUT2D eigenvalue weighted by Crippen LogP contribution is -1.89. The van der Waals surface area contributed by atoms with Gasteiger partial charge in [-0.2, -0.15) is 5.26 Å². The van der Waals surface area contributed by atoms with Crippen LogP contribution in [0.4, 0.5) is 0 Å². The van der Waals surface area contributed by atoms with Gasteiger partial charge in [0.2, 0.25) is 0 Å². The summed E-state index contributed by atoms with van der Waals surface area (Å²) in [5.41, 5.74) is 1.56. The van der Waals surface area contributed by atoms with Crippen LogP contribution in [0.3, 0.4) is 0 Å². The van der Waals surface area contributed by atoms with Crippen LogP contribution < -0.4 is 4.74 Å². The summed E-state index contributed by atoms with van der Waals surface area (Å²) in [6.45, 7) is 1.96. The quantitative estimate of drug-likeness (QED) is 0.787. The van der Waals surface area contributed by atoms with Gasteiger partial charge in [-0.05, 0) is 36.8 Å². The summed E-state index contributed by atoms with van der Waals surface area (Å²) in [6.07, 6.45) is 0. The highest BCUT2D eigenvalue weighted by atomic mass is 35.5. The Labute approximate surface area is 105 Å². The van der Waals surface area contributed by atoms with Gasteiger partial charge in [0.05, 0.1) is 10.6 Å². The molecule has 0 unspecified atom stereocenters. The van der Waals surface area contributed by atoms with Gasteiger partial charge in [0.15, 0.2) is 0 Å². The average Bonchev–Trinajstić information content (AvgIpc) is 2.33. The number of benzene rings is 2. The molecule has 84 valence electrons. The van der Waals surface area contributed by atoms with Crippen LogP contribution in [-0.2, 0) is 0 Å². The molecular weight excluding hydrogens is 234 g/mol. The Balaban J connectivity index is 2.35. The lowest BCUT2D eigenvalue weighted by molar-refractivity contribution is 0.481. The Morgan fingerprint density at radius 2 is 1.88 bits per heavy atom. The average molecular weight is 244 g/mol. The molecular formula is C14H10ClNO. The molecule has 0 fully saturated rings. The van der Waals surface area contributed by atoms with Crippen LogP contribution in [0.25, 0.3) is 0 Å². The summed E-state index contributed by atoms with van der Waals surface area (Å²) >= 11 is 6.07. The van der Waals surface area contributed by atoms with Crippen molar-refractivity contribution in [2.75, 3.05) is 0 Å². The smallest absolute Gasteiger partial charge is 0.146 e. The van der Waals surface area contributed by atoms with Crippen LogP contribution in [0.1, 0.15) is 11.1 Å². The highest BCUT2D eigenvalue weighted by Gasteiger charge is 2.06. The van der Waals surface area contributed by atoms with Crippen LogP contribution in [0.2, 0.25) is 5.02 Å². The molecule has 2 aromatic rings. The van der Waals surface area contributed by atoms with Crippen LogP contribution >= 0.6 is 11.6 Å². The monoisotopic (exact) mass is 243 g/mol. The van der Waals surface area contributed by atoms with Crippen molar-refractivity contribution in [3.63, 3.8) is 0 Å². The number of hydrogen-bond donors (Lipinski definition) is 0. The molecule has 0 aliphatic carbocycles. The molecule has 2 aromatic carbocycles. The fraction of sp³-hybridized carbons (Fsp3) is 0.0714. The predicted molar refractivity (Wildman–Crippen MR) is 67.4 cm³/mol. The largest absolute Gasteiger partial charge is 0.454 e. The Morgan fingerprint density at radius 1 is 1.12 bits per heavy atom. The summed E-state index contributed by atoms with van der Waals surface area (Å²) < 4.78 is 5.63. The van der Waals surface area contributed by atoms with E-state index in [1.165, 1.54) is 0 Å². The van der Waals surface area contributed by atoms with Crippen molar-refractivity contribution in [2.24, 2.45) is 0 Å². The van der Waals surface area contributed by atoms with Gasteiger partial charge in [0.25, 0.3) is 0 Å². The Kier molecular flexibility index (Phi) is 3.32. The number of halogens is 1. The molecule has 0 atom stereocenters. The SMILES string of the molecule is Cc1ccc(Oc2ccccc2C#N)c(Cl)c1. The van der Waals surface area contributed by atoms with Crippen molar-refractivity contribution >= 4 is 11.6 Å². The molecule has 0 saturated carbocycles. The van der Waals surface area contributed by atoms with Gasteiger partial charge >= 0.3 is 0 Å². The van der Waals surface area contributed by atoms with Crippen molar-refractivity contribution in [1.29, 1.82) is 5.26 Å². The number of rotatable bonds is 2. The number of nitriles is 1. The molecule has 0 heterocycles. The second kappa shape index (κ2) is 4.90. The van der Waals surface area contributed by atoms with E-state index in [-0.39, 0.29) is 0 Å². The number of aryl methyl sites for hydroxylation is 1. The van der Waals surface area contributed by atoms with Gasteiger partial charge in [-0.3, -0.25) is 0 Å². The zero-order chi connectivity index (χ0) is 12.3. The van der Waals surface area contributed by atoms with Crippen LogP contribution in [0.5, 0.6) is 11.5 Å². The minimum absolute atomic E-state index is 0.490. The first kappa shape index (κ1) is 11.5. The van der Waals surface area contributed by atoms with Crippen molar-refractivity contribution in [2.45, 2.75) is 6.92 Å². The lowest BCUT2D eigenvalue weighted by atomic mass is 10.2. The summed E-state index contributed by atoms with van der Waals surface area (Å²) in [5.74, 6) is 1.07. The third-order valence-corrected chi connectivity index (χ3v) is 2.61. The van der Waals surface area contributed by atoms with Crippen LogP contribution in [-0.4, -0.2) is 0 Å². The highest BCUT2D eigenvalue weighted by molar-refractivity contribution is 6.32. The van der Waals surface area contributed by atoms with E-state index in [9.17, 15) is 0 Å². The van der Waals surface area contributed by atoms with Crippen molar-refractivity contribution in [1.82, 2.24) is 0 Å². The van der Waals surface area contributed by atoms with Gasteiger partial charge in [0, 0.05) is 0 Å². The first-order valence-corrected chi connectivity index (χ1v) is 5.51. The molecule has 0 bridgehead atoms. The second-order valence-electron chi connectivity index (χ2n) is 3.64. The summed E-state index contributed by atoms with van der Waals surface area (Å²) in [4.78, 5) is 0. The summed E-state index contributed by atoms with van der Waals surface area (Å²) in [5, 5.41) is 9.49. The number of hydrogen-bond acceptors (Lipinski definition) is 2. The lowest BCUT2D eigenvalue weighted by Gasteiger charge is -2.09. The maximum Gasteiger partial charge on any atom is 0.146 e. The van der Waals surface area contributed by atoms with Gasteiger partial charge in [-0.1, -0.05) is 29.8 Å². The number of ether oxygens (including phenoxy) is 1. The number of nitrogens with zero attached hydrogens (tertiary/aromatic N) is 1. The zero-order valence-corrected chi connectivity index (χ0v) is 10.0. The zero-order valence-electron chi connectivity index (χ0n) is 9.27. The normalized spacial score (nSPS) is 9.71. The summed E-state index contributed by atoms with van der Waals surface area (Å²) in [6, 6.07) is 14.7. The first-order valence-electron chi connectivity index (χ1n) is 5.14. The Morgan fingerprint density at radius 3 is 2.59 bits per heavy atom. The fourth-order valence-corrected chi connectivity index (χ4v) is 1.73. The van der Waals surface area contributed by atoms with E-state index in [4.69, 9.17) is 21.6 Å². The van der Waals surface area contributed by atoms with Crippen molar-refractivity contribution in [3.05, 3.63) is 58.6 Å². The third kappa shape index (κ3) is 2.58. The summed E-state index contributed by atoms with van der Waals surface area (Å²) in [7, 11) is 0. The minimum Gasteiger partial charge on any atom is -0.454 e. The topological polar surface area (TPSA) is 33.0 Å². The Bertz CT molecular complexity index is 587. The van der Waals surface area contributed by atoms with E-state index >= 15 is 0 Å². The van der Waals surface area contributed by atoms with Crippen molar-refractivity contribution < 1.29 is 4.74 Å². The molecule has 0 aliphatic rings. The highest BCUT2D eigenvalue weighted by Crippen LogP contribution is 2.31. The van der Waals surface area contributed by atoms with E-state index < -0.39 is 0 Å². The predicted octanol–water partition coefficient (Wildman–Crippen LogP) is 4.31. The molecule has 0 saturated heterocycles. The van der Waals surface area contributed by atoms with E-state index in [1.807, 2.05) is 25.1 Å². The molecule has 0 N–H and O–H groups in total. The molecule has 2 nitrogen and oxygen atoms in total. The molecule has 0 amide bonds. The van der Waals surface area contributed by atoms with Crippen molar-refractivity contribution in [3.8, 4) is 17.6 Å². The second-order valence-corrected chi connectivity index (χ2v) is 4.05. The Hall–Kier alpha value is -1.98. The molecule has 0 aromatic heterocycles. The number of para-hydroxylation sites is 1. The minimum atomic E-state index is 0.490. The fourth-order valence-electron chi connectivity index (χ4n) is 1.46. The first-order chi connectivity index (χ1) is 8.20. The standard InChI is InChI=1S/C14H10ClNO/c1-10-6-7-14(12(15)8-10)17-13-5-3-2-4-11(13)9-16/h2-8H,1H3. The molecule has 2 rings (SSSR count). The van der Waals surface area contributed by atoms with Gasteiger partial charge in [-0.15, -0.1) is 0 Å². The van der Waals surface area contributed by atoms with E-state index in [2.05, 4.69) is 6.07 Å². The van der Waals surface area contributed by atoms with Gasteiger partial charge in [0.1, 0.15) is 17.6 Å².